The summed E-state index contributed by atoms with van der Waals surface area (Å²) < 4.78 is 16.7. The number of nitrogens with one attached hydrogen (secondary N) is 1. The molecule has 1 aliphatic heterocycles. The fourth-order valence-corrected chi connectivity index (χ4v) is 9.26. The molecular weight excluding hydrogens is 859 g/mol. The first-order valence-corrected chi connectivity index (χ1v) is 29.0. The van der Waals surface area contributed by atoms with Crippen molar-refractivity contribution in [1.82, 2.24) is 5.32 Å². The van der Waals surface area contributed by atoms with Crippen LogP contribution in [0.25, 0.3) is 0 Å². The molecule has 1 heterocycles. The summed E-state index contributed by atoms with van der Waals surface area (Å²) >= 11 is 0. The molecule has 11 nitrogen and oxygen atoms in total. The van der Waals surface area contributed by atoms with Gasteiger partial charge in [0.05, 0.1) is 32.0 Å². The van der Waals surface area contributed by atoms with E-state index in [0.29, 0.717) is 19.4 Å². The number of amides is 1. The molecule has 6 N–H and O–H groups in total. The molecule has 7 atom stereocenters. The van der Waals surface area contributed by atoms with Crippen molar-refractivity contribution >= 4 is 11.9 Å². The second-order valence-corrected chi connectivity index (χ2v) is 20.4. The van der Waals surface area contributed by atoms with Crippen LogP contribution in [0, 0.1) is 0 Å². The van der Waals surface area contributed by atoms with Gasteiger partial charge in [-0.2, -0.15) is 0 Å². The monoisotopic (exact) mass is 968 g/mol. The van der Waals surface area contributed by atoms with Gasteiger partial charge in [-0.3, -0.25) is 9.59 Å². The number of hydrogen-bond donors (Lipinski definition) is 6. The van der Waals surface area contributed by atoms with Gasteiger partial charge in [0.1, 0.15) is 24.4 Å². The second kappa shape index (κ2) is 47.7. The lowest BCUT2D eigenvalue weighted by atomic mass is 9.99. The Balaban J connectivity index is 2.03. The molecule has 0 aromatic rings. The fraction of sp³-hybridized carbons (Fsp3) is 0.930. The summed E-state index contributed by atoms with van der Waals surface area (Å²) in [6, 6.07) is -0.808. The highest BCUT2D eigenvalue weighted by Gasteiger charge is 2.44. The summed E-state index contributed by atoms with van der Waals surface area (Å²) in [4.78, 5) is 25.0. The van der Waals surface area contributed by atoms with Crippen LogP contribution in [0.15, 0.2) is 12.2 Å². The predicted molar refractivity (Wildman–Crippen MR) is 278 cm³/mol. The van der Waals surface area contributed by atoms with Crippen LogP contribution in [0.5, 0.6) is 0 Å². The highest BCUT2D eigenvalue weighted by molar-refractivity contribution is 5.76. The van der Waals surface area contributed by atoms with E-state index >= 15 is 0 Å². The van der Waals surface area contributed by atoms with Gasteiger partial charge in [0.15, 0.2) is 6.29 Å². The topological polar surface area (TPSA) is 175 Å². The molecule has 402 valence electrons. The van der Waals surface area contributed by atoms with Crippen molar-refractivity contribution in [2.24, 2.45) is 0 Å². The zero-order valence-electron chi connectivity index (χ0n) is 44.1. The molecule has 0 aliphatic carbocycles. The van der Waals surface area contributed by atoms with Gasteiger partial charge in [-0.25, -0.2) is 0 Å². The standard InChI is InChI=1S/C57H109NO10/c1-3-5-7-9-11-13-24-29-33-37-41-45-53(62)66-46-42-38-34-30-26-23-21-19-17-15-14-16-18-20-22-25-28-32-36-40-44-52(61)58-49(50(60)43-39-35-31-27-12-10-8-6-4-2)48-67-57-56(65)55(64)54(63)51(47-59)68-57/h39,43,49-51,54-57,59-60,63-65H,3-38,40-42,44-48H2,1-2H3,(H,58,61)/b43-39+. The SMILES string of the molecule is CCCCCCCCC/C=C/C(O)C(COC1OC(CO)C(O)C(O)C1O)NC(=O)CCCCCCCCCCCCCCCCCCCCCCOC(=O)CCCCCCCCCCCCC. The average molecular weight is 968 g/mol. The lowest BCUT2D eigenvalue weighted by molar-refractivity contribution is -0.302. The molecule has 1 amide bonds. The molecule has 68 heavy (non-hydrogen) atoms. The van der Waals surface area contributed by atoms with Crippen LogP contribution in [-0.4, -0.2) is 100 Å². The van der Waals surface area contributed by atoms with Crippen molar-refractivity contribution in [3.63, 3.8) is 0 Å². The summed E-state index contributed by atoms with van der Waals surface area (Å²) in [5.41, 5.74) is 0. The van der Waals surface area contributed by atoms with E-state index in [-0.39, 0.29) is 18.5 Å². The maximum absolute atomic E-state index is 13.0. The third kappa shape index (κ3) is 37.2. The van der Waals surface area contributed by atoms with Gasteiger partial charge in [0, 0.05) is 12.8 Å². The third-order valence-corrected chi connectivity index (χ3v) is 13.9. The van der Waals surface area contributed by atoms with Crippen LogP contribution in [0.3, 0.4) is 0 Å². The quantitative estimate of drug-likeness (QED) is 0.0196. The highest BCUT2D eigenvalue weighted by Crippen LogP contribution is 2.23. The maximum Gasteiger partial charge on any atom is 0.305 e. The summed E-state index contributed by atoms with van der Waals surface area (Å²) in [7, 11) is 0. The number of esters is 1. The number of aliphatic hydroxyl groups is 5. The molecule has 1 aliphatic rings. The summed E-state index contributed by atoms with van der Waals surface area (Å²) in [6.45, 7) is 4.31. The molecule has 0 saturated carbocycles. The lowest BCUT2D eigenvalue weighted by Crippen LogP contribution is -2.60. The predicted octanol–water partition coefficient (Wildman–Crippen LogP) is 12.8. The maximum atomic E-state index is 13.0. The molecule has 1 fully saturated rings. The number of allylic oxidation sites excluding steroid dienone is 1. The Morgan fingerprint density at radius 2 is 0.926 bits per heavy atom. The number of hydrogen-bond acceptors (Lipinski definition) is 10. The van der Waals surface area contributed by atoms with Crippen LogP contribution in [0.1, 0.15) is 277 Å². The number of carbonyl (C=O) groups excluding carboxylic acids is 2. The normalized spacial score (nSPS) is 19.4. The van der Waals surface area contributed by atoms with Gasteiger partial charge in [-0.15, -0.1) is 0 Å². The van der Waals surface area contributed by atoms with Crippen LogP contribution < -0.4 is 5.32 Å². The van der Waals surface area contributed by atoms with E-state index < -0.39 is 49.5 Å². The first-order chi connectivity index (χ1) is 33.2. The summed E-state index contributed by atoms with van der Waals surface area (Å²) in [5, 5.41) is 54.2. The molecule has 0 bridgehead atoms. The largest absolute Gasteiger partial charge is 0.466 e. The number of unbranched alkanes of at least 4 members (excludes halogenated alkanes) is 36. The number of rotatable bonds is 50. The van der Waals surface area contributed by atoms with Crippen LogP contribution in [-0.2, 0) is 23.8 Å². The van der Waals surface area contributed by atoms with Gasteiger partial charge in [-0.1, -0.05) is 244 Å². The highest BCUT2D eigenvalue weighted by atomic mass is 16.7. The molecule has 1 saturated heterocycles. The van der Waals surface area contributed by atoms with E-state index in [1.807, 2.05) is 6.08 Å². The zero-order chi connectivity index (χ0) is 49.6. The minimum Gasteiger partial charge on any atom is -0.466 e. The van der Waals surface area contributed by atoms with E-state index in [1.54, 1.807) is 6.08 Å². The third-order valence-electron chi connectivity index (χ3n) is 13.9. The molecule has 0 aromatic heterocycles. The van der Waals surface area contributed by atoms with Crippen LogP contribution >= 0.6 is 0 Å². The van der Waals surface area contributed by atoms with Crippen molar-refractivity contribution in [3.8, 4) is 0 Å². The average Bonchev–Trinajstić information content (AvgIpc) is 3.33. The molecule has 0 spiro atoms. The van der Waals surface area contributed by atoms with Gasteiger partial charge >= 0.3 is 5.97 Å². The van der Waals surface area contributed by atoms with E-state index in [4.69, 9.17) is 14.2 Å². The van der Waals surface area contributed by atoms with Gasteiger partial charge in [0.2, 0.25) is 5.91 Å². The molecule has 0 aromatic carbocycles. The van der Waals surface area contributed by atoms with E-state index in [9.17, 15) is 35.1 Å². The molecule has 1 rings (SSSR count). The number of ether oxygens (including phenoxy) is 3. The van der Waals surface area contributed by atoms with E-state index in [1.165, 1.54) is 193 Å². The fourth-order valence-electron chi connectivity index (χ4n) is 9.26. The Hall–Kier alpha value is -1.60. The first-order valence-electron chi connectivity index (χ1n) is 29.0. The molecule has 11 heteroatoms. The summed E-state index contributed by atoms with van der Waals surface area (Å²) in [6.07, 6.45) is 44.5. The molecular formula is C57H109NO10. The summed E-state index contributed by atoms with van der Waals surface area (Å²) in [5.74, 6) is -0.188. The Morgan fingerprint density at radius 1 is 0.529 bits per heavy atom. The van der Waals surface area contributed by atoms with Crippen molar-refractivity contribution in [2.45, 2.75) is 320 Å². The minimum absolute atomic E-state index is 0.00353. The first kappa shape index (κ1) is 64.4. The molecule has 0 radical (unpaired) electrons. The molecule has 7 unspecified atom stereocenters. The minimum atomic E-state index is -1.57. The van der Waals surface area contributed by atoms with Crippen molar-refractivity contribution in [1.29, 1.82) is 0 Å². The van der Waals surface area contributed by atoms with E-state index in [2.05, 4.69) is 19.2 Å². The Labute approximate surface area is 417 Å². The van der Waals surface area contributed by atoms with Gasteiger partial charge in [-0.05, 0) is 32.1 Å². The van der Waals surface area contributed by atoms with Crippen molar-refractivity contribution in [3.05, 3.63) is 12.2 Å². The zero-order valence-corrected chi connectivity index (χ0v) is 44.1. The number of aliphatic hydroxyl groups excluding tert-OH is 5. The van der Waals surface area contributed by atoms with Gasteiger partial charge < -0.3 is 45.1 Å². The van der Waals surface area contributed by atoms with Crippen LogP contribution in [0.4, 0.5) is 0 Å². The van der Waals surface area contributed by atoms with E-state index in [0.717, 1.165) is 57.8 Å². The number of carbonyl (C=O) groups is 2. The lowest BCUT2D eigenvalue weighted by Gasteiger charge is -2.40. The Bertz CT molecular complexity index is 1140. The van der Waals surface area contributed by atoms with Gasteiger partial charge in [0.25, 0.3) is 0 Å². The Kier molecular flexibility index (Phi) is 45.2. The Morgan fingerprint density at radius 3 is 1.37 bits per heavy atom. The smallest absolute Gasteiger partial charge is 0.305 e. The van der Waals surface area contributed by atoms with Crippen LogP contribution in [0.2, 0.25) is 0 Å². The van der Waals surface area contributed by atoms with Crippen molar-refractivity contribution < 1.29 is 49.3 Å². The second-order valence-electron chi connectivity index (χ2n) is 20.4. The van der Waals surface area contributed by atoms with Crippen molar-refractivity contribution in [2.75, 3.05) is 19.8 Å².